The van der Waals surface area contributed by atoms with Gasteiger partial charge in [-0.25, -0.2) is 4.79 Å². The topological polar surface area (TPSA) is 68.2 Å². The van der Waals surface area contributed by atoms with Gasteiger partial charge in [0.1, 0.15) is 5.56 Å². The smallest absolute Gasteiger partial charge is 0.339 e. The van der Waals surface area contributed by atoms with Gasteiger partial charge in [0.25, 0.3) is 0 Å². The van der Waals surface area contributed by atoms with Crippen LogP contribution in [-0.2, 0) is 7.05 Å². The van der Waals surface area contributed by atoms with Crippen molar-refractivity contribution in [1.29, 1.82) is 0 Å². The average molecular weight is 265 g/mol. The molecule has 2 aromatic rings. The van der Waals surface area contributed by atoms with Gasteiger partial charge in [0, 0.05) is 23.3 Å². The predicted octanol–water partition coefficient (Wildman–Crippen LogP) is 2.93. The summed E-state index contributed by atoms with van der Waals surface area (Å²) in [6.07, 6.45) is 0. The van der Waals surface area contributed by atoms with Crippen LogP contribution in [-0.4, -0.2) is 15.6 Å². The van der Waals surface area contributed by atoms with Crippen molar-refractivity contribution in [1.82, 2.24) is 4.57 Å². The van der Waals surface area contributed by atoms with E-state index in [0.29, 0.717) is 16.4 Å². The first-order valence-corrected chi connectivity index (χ1v) is 5.75. The Morgan fingerprint density at radius 2 is 2.11 bits per heavy atom. The predicted molar refractivity (Wildman–Crippen MR) is 72.0 cm³/mol. The van der Waals surface area contributed by atoms with Gasteiger partial charge >= 0.3 is 5.97 Å². The second-order valence-corrected chi connectivity index (χ2v) is 4.53. The number of benzene rings is 1. The molecule has 2 rings (SSSR count). The molecule has 0 fully saturated rings. The zero-order valence-corrected chi connectivity index (χ0v) is 10.8. The Kier molecular flexibility index (Phi) is 3.05. The van der Waals surface area contributed by atoms with Crippen molar-refractivity contribution < 1.29 is 9.90 Å². The number of hydrogen-bond donors (Lipinski definition) is 2. The van der Waals surface area contributed by atoms with Gasteiger partial charge in [-0.2, -0.15) is 0 Å². The standard InChI is InChI=1S/C13H13ClN2O2/c1-7-10(13(17)18)11(15)12(16(7)2)8-4-3-5-9(14)6-8/h3-6H,15H2,1-2H3,(H,17,18). The van der Waals surface area contributed by atoms with E-state index in [1.54, 1.807) is 36.7 Å². The summed E-state index contributed by atoms with van der Waals surface area (Å²) in [5.74, 6) is -1.02. The van der Waals surface area contributed by atoms with Crippen LogP contribution in [0.2, 0.25) is 5.02 Å². The minimum Gasteiger partial charge on any atom is -0.478 e. The summed E-state index contributed by atoms with van der Waals surface area (Å²) in [4.78, 5) is 11.2. The molecule has 94 valence electrons. The highest BCUT2D eigenvalue weighted by Gasteiger charge is 2.22. The highest BCUT2D eigenvalue weighted by Crippen LogP contribution is 2.34. The lowest BCUT2D eigenvalue weighted by Crippen LogP contribution is -2.01. The first-order valence-electron chi connectivity index (χ1n) is 5.37. The molecule has 0 aliphatic rings. The number of anilines is 1. The zero-order valence-electron chi connectivity index (χ0n) is 10.1. The average Bonchev–Trinajstić information content (AvgIpc) is 2.50. The Morgan fingerprint density at radius 1 is 1.44 bits per heavy atom. The van der Waals surface area contributed by atoms with Crippen molar-refractivity contribution in [2.45, 2.75) is 6.92 Å². The van der Waals surface area contributed by atoms with Gasteiger partial charge in [-0.15, -0.1) is 0 Å². The molecule has 0 unspecified atom stereocenters. The first kappa shape index (κ1) is 12.5. The lowest BCUT2D eigenvalue weighted by molar-refractivity contribution is 0.0697. The molecular weight excluding hydrogens is 252 g/mol. The van der Waals surface area contributed by atoms with Crippen LogP contribution in [0.25, 0.3) is 11.3 Å². The van der Waals surface area contributed by atoms with Gasteiger partial charge in [0.05, 0.1) is 11.4 Å². The molecule has 5 heteroatoms. The Hall–Kier alpha value is -1.94. The lowest BCUT2D eigenvalue weighted by Gasteiger charge is -2.06. The van der Waals surface area contributed by atoms with Crippen LogP contribution >= 0.6 is 11.6 Å². The van der Waals surface area contributed by atoms with Gasteiger partial charge < -0.3 is 15.4 Å². The monoisotopic (exact) mass is 264 g/mol. The van der Waals surface area contributed by atoms with Crippen molar-refractivity contribution in [3.63, 3.8) is 0 Å². The van der Waals surface area contributed by atoms with Crippen molar-refractivity contribution in [3.8, 4) is 11.3 Å². The maximum atomic E-state index is 11.2. The fourth-order valence-corrected chi connectivity index (χ4v) is 2.27. The van der Waals surface area contributed by atoms with E-state index >= 15 is 0 Å². The van der Waals surface area contributed by atoms with Crippen LogP contribution in [0.5, 0.6) is 0 Å². The molecule has 0 spiro atoms. The molecule has 0 aliphatic carbocycles. The Morgan fingerprint density at radius 3 is 2.61 bits per heavy atom. The molecule has 0 amide bonds. The summed E-state index contributed by atoms with van der Waals surface area (Å²) >= 11 is 5.94. The molecule has 0 radical (unpaired) electrons. The third-order valence-electron chi connectivity index (χ3n) is 3.04. The van der Waals surface area contributed by atoms with Crippen LogP contribution in [0, 0.1) is 6.92 Å². The van der Waals surface area contributed by atoms with E-state index in [-0.39, 0.29) is 11.3 Å². The highest BCUT2D eigenvalue weighted by molar-refractivity contribution is 6.30. The number of nitrogen functional groups attached to an aromatic ring is 1. The Labute approximate surface area is 110 Å². The molecule has 0 atom stereocenters. The van der Waals surface area contributed by atoms with E-state index < -0.39 is 5.97 Å². The number of rotatable bonds is 2. The number of hydrogen-bond acceptors (Lipinski definition) is 2. The van der Waals surface area contributed by atoms with E-state index in [0.717, 1.165) is 5.56 Å². The van der Waals surface area contributed by atoms with Gasteiger partial charge in [-0.3, -0.25) is 0 Å². The van der Waals surface area contributed by atoms with E-state index in [1.165, 1.54) is 0 Å². The molecule has 0 bridgehead atoms. The first-order chi connectivity index (χ1) is 8.43. The molecule has 18 heavy (non-hydrogen) atoms. The number of aromatic nitrogens is 1. The third-order valence-corrected chi connectivity index (χ3v) is 3.27. The summed E-state index contributed by atoms with van der Waals surface area (Å²) in [6.45, 7) is 1.73. The highest BCUT2D eigenvalue weighted by atomic mass is 35.5. The third kappa shape index (κ3) is 1.84. The van der Waals surface area contributed by atoms with Crippen LogP contribution in [0.4, 0.5) is 5.69 Å². The Balaban J connectivity index is 2.73. The molecule has 4 nitrogen and oxygen atoms in total. The molecule has 1 aromatic heterocycles. The normalized spacial score (nSPS) is 10.6. The maximum absolute atomic E-state index is 11.2. The van der Waals surface area contributed by atoms with E-state index in [1.807, 2.05) is 6.07 Å². The molecule has 0 aliphatic heterocycles. The largest absolute Gasteiger partial charge is 0.478 e. The fraction of sp³-hybridized carbons (Fsp3) is 0.154. The van der Waals surface area contributed by atoms with Crippen LogP contribution in [0.1, 0.15) is 16.1 Å². The number of carboxylic acid groups (broad SMARTS) is 1. The molecule has 3 N–H and O–H groups in total. The van der Waals surface area contributed by atoms with Crippen LogP contribution < -0.4 is 5.73 Å². The summed E-state index contributed by atoms with van der Waals surface area (Å²) < 4.78 is 1.77. The van der Waals surface area contributed by atoms with Crippen molar-refractivity contribution >= 4 is 23.3 Å². The van der Waals surface area contributed by atoms with E-state index in [4.69, 9.17) is 22.4 Å². The number of carboxylic acids is 1. The molecule has 0 saturated carbocycles. The van der Waals surface area contributed by atoms with Gasteiger partial charge in [-0.1, -0.05) is 23.7 Å². The number of carbonyl (C=O) groups is 1. The number of nitrogens with zero attached hydrogens (tertiary/aromatic N) is 1. The Bertz CT molecular complexity index is 632. The summed E-state index contributed by atoms with van der Waals surface area (Å²) in [7, 11) is 1.79. The summed E-state index contributed by atoms with van der Waals surface area (Å²) in [5, 5.41) is 9.75. The molecule has 0 saturated heterocycles. The second kappa shape index (κ2) is 4.38. The number of nitrogens with two attached hydrogens (primary N) is 1. The van der Waals surface area contributed by atoms with Gasteiger partial charge in [0.2, 0.25) is 0 Å². The minimum atomic E-state index is -1.02. The molecule has 1 aromatic carbocycles. The van der Waals surface area contributed by atoms with Crippen molar-refractivity contribution in [3.05, 3.63) is 40.5 Å². The second-order valence-electron chi connectivity index (χ2n) is 4.10. The SMILES string of the molecule is Cc1c(C(=O)O)c(N)c(-c2cccc(Cl)c2)n1C. The number of aromatic carboxylic acids is 1. The summed E-state index contributed by atoms with van der Waals surface area (Å²) in [5.41, 5.74) is 8.46. The molecular formula is C13H13ClN2O2. The maximum Gasteiger partial charge on any atom is 0.339 e. The quantitative estimate of drug-likeness (QED) is 0.876. The zero-order chi connectivity index (χ0) is 13.4. The fourth-order valence-electron chi connectivity index (χ4n) is 2.08. The van der Waals surface area contributed by atoms with Crippen molar-refractivity contribution in [2.24, 2.45) is 7.05 Å². The van der Waals surface area contributed by atoms with Crippen molar-refractivity contribution in [2.75, 3.05) is 5.73 Å². The van der Waals surface area contributed by atoms with E-state index in [2.05, 4.69) is 0 Å². The summed E-state index contributed by atoms with van der Waals surface area (Å²) in [6, 6.07) is 7.18. The lowest BCUT2D eigenvalue weighted by atomic mass is 10.1. The van der Waals surface area contributed by atoms with Gasteiger partial charge in [0.15, 0.2) is 0 Å². The number of halogens is 1. The van der Waals surface area contributed by atoms with Crippen LogP contribution in [0.3, 0.4) is 0 Å². The van der Waals surface area contributed by atoms with Crippen LogP contribution in [0.15, 0.2) is 24.3 Å². The molecule has 1 heterocycles. The van der Waals surface area contributed by atoms with E-state index in [9.17, 15) is 4.79 Å². The minimum absolute atomic E-state index is 0.146. The van der Waals surface area contributed by atoms with Gasteiger partial charge in [-0.05, 0) is 19.1 Å².